The Kier molecular flexibility index (Phi) is 6.08. The molecule has 0 bridgehead atoms. The van der Waals surface area contributed by atoms with Crippen LogP contribution in [-0.4, -0.2) is 36.9 Å². The lowest BCUT2D eigenvalue weighted by molar-refractivity contribution is -0.135. The first-order valence-electron chi connectivity index (χ1n) is 5.93. The van der Waals surface area contributed by atoms with Gasteiger partial charge in [-0.3, -0.25) is 9.59 Å². The molecule has 0 aromatic heterocycles. The van der Waals surface area contributed by atoms with Gasteiger partial charge in [0.2, 0.25) is 5.91 Å². The number of amides is 1. The fraction of sp³-hybridized carbons (Fsp3) is 0.429. The number of carbonyl (C=O) groups excluding carboxylic acids is 2. The maximum Gasteiger partial charge on any atom is 0.230 e. The van der Waals surface area contributed by atoms with Gasteiger partial charge >= 0.3 is 0 Å². The zero-order valence-corrected chi connectivity index (χ0v) is 10.9. The van der Waals surface area contributed by atoms with Gasteiger partial charge in [-0.15, -0.1) is 0 Å². The highest BCUT2D eigenvalue weighted by atomic mass is 16.5. The molecule has 1 aromatic carbocycles. The molecule has 18 heavy (non-hydrogen) atoms. The van der Waals surface area contributed by atoms with Crippen LogP contribution in [0.25, 0.3) is 0 Å². The van der Waals surface area contributed by atoms with Crippen molar-refractivity contribution in [1.29, 1.82) is 0 Å². The summed E-state index contributed by atoms with van der Waals surface area (Å²) in [5.41, 5.74) is 1.05. The van der Waals surface area contributed by atoms with E-state index in [0.717, 1.165) is 5.56 Å². The maximum atomic E-state index is 11.9. The third-order valence-corrected chi connectivity index (χ3v) is 2.53. The molecule has 0 heterocycles. The van der Waals surface area contributed by atoms with E-state index in [1.165, 1.54) is 6.92 Å². The number of ketones is 1. The first-order chi connectivity index (χ1) is 8.63. The Hall–Kier alpha value is -1.68. The molecule has 0 saturated carbocycles. The number of ether oxygens (including phenoxy) is 1. The number of rotatable bonds is 7. The summed E-state index contributed by atoms with van der Waals surface area (Å²) in [6, 6.07) is 9.71. The summed E-state index contributed by atoms with van der Waals surface area (Å²) in [6.07, 6.45) is -0.0451. The lowest BCUT2D eigenvalue weighted by atomic mass is 10.2. The topological polar surface area (TPSA) is 46.6 Å². The number of nitrogens with zero attached hydrogens (tertiary/aromatic N) is 1. The van der Waals surface area contributed by atoms with Crippen molar-refractivity contribution in [2.75, 3.05) is 20.3 Å². The van der Waals surface area contributed by atoms with Gasteiger partial charge in [-0.05, 0) is 12.5 Å². The highest BCUT2D eigenvalue weighted by molar-refractivity contribution is 5.96. The summed E-state index contributed by atoms with van der Waals surface area (Å²) in [5, 5.41) is 0. The monoisotopic (exact) mass is 249 g/mol. The molecule has 4 heteroatoms. The number of Topliss-reactive ketones (excluding diaryl/α,β-unsaturated/α-hetero) is 1. The Morgan fingerprint density at radius 3 is 2.44 bits per heavy atom. The predicted octanol–water partition coefficient (Wildman–Crippen LogP) is 1.64. The van der Waals surface area contributed by atoms with Crippen LogP contribution in [0.3, 0.4) is 0 Å². The van der Waals surface area contributed by atoms with Crippen molar-refractivity contribution in [3.63, 3.8) is 0 Å². The number of hydrogen-bond acceptors (Lipinski definition) is 3. The minimum absolute atomic E-state index is 0.0451. The summed E-state index contributed by atoms with van der Waals surface area (Å²) in [7, 11) is 1.59. The fourth-order valence-corrected chi connectivity index (χ4v) is 1.62. The van der Waals surface area contributed by atoms with Crippen LogP contribution in [0.4, 0.5) is 0 Å². The van der Waals surface area contributed by atoms with E-state index >= 15 is 0 Å². The van der Waals surface area contributed by atoms with Gasteiger partial charge in [0.15, 0.2) is 0 Å². The average molecular weight is 249 g/mol. The van der Waals surface area contributed by atoms with Crippen LogP contribution in [0.5, 0.6) is 0 Å². The molecule has 0 unspecified atom stereocenters. The van der Waals surface area contributed by atoms with Crippen LogP contribution >= 0.6 is 0 Å². The Labute approximate surface area is 108 Å². The van der Waals surface area contributed by atoms with Crippen LogP contribution in [0.2, 0.25) is 0 Å². The molecular weight excluding hydrogens is 230 g/mol. The van der Waals surface area contributed by atoms with Crippen molar-refractivity contribution in [2.24, 2.45) is 0 Å². The van der Waals surface area contributed by atoms with Crippen molar-refractivity contribution in [2.45, 2.75) is 19.9 Å². The summed E-state index contributed by atoms with van der Waals surface area (Å²) in [5.74, 6) is -0.265. The highest BCUT2D eigenvalue weighted by Crippen LogP contribution is 2.06. The average Bonchev–Trinajstić information content (AvgIpc) is 2.34. The molecule has 0 aliphatic carbocycles. The third kappa shape index (κ3) is 5.10. The van der Waals surface area contributed by atoms with Crippen molar-refractivity contribution >= 4 is 11.7 Å². The van der Waals surface area contributed by atoms with E-state index in [1.54, 1.807) is 12.0 Å². The van der Waals surface area contributed by atoms with Crippen molar-refractivity contribution < 1.29 is 14.3 Å². The molecule has 1 aromatic rings. The zero-order valence-electron chi connectivity index (χ0n) is 10.9. The van der Waals surface area contributed by atoms with E-state index in [-0.39, 0.29) is 18.1 Å². The first kappa shape index (κ1) is 14.4. The van der Waals surface area contributed by atoms with Gasteiger partial charge in [0.1, 0.15) is 5.78 Å². The van der Waals surface area contributed by atoms with Gasteiger partial charge in [0.05, 0.1) is 13.0 Å². The normalized spacial score (nSPS) is 10.1. The molecule has 0 N–H and O–H groups in total. The van der Waals surface area contributed by atoms with Crippen LogP contribution < -0.4 is 0 Å². The number of hydrogen-bond donors (Lipinski definition) is 0. The molecular formula is C14H19NO3. The fourth-order valence-electron chi connectivity index (χ4n) is 1.62. The van der Waals surface area contributed by atoms with Crippen LogP contribution in [0, 0.1) is 0 Å². The molecule has 0 atom stereocenters. The minimum Gasteiger partial charge on any atom is -0.383 e. The van der Waals surface area contributed by atoms with E-state index in [0.29, 0.717) is 19.7 Å². The van der Waals surface area contributed by atoms with E-state index < -0.39 is 0 Å². The van der Waals surface area contributed by atoms with Gasteiger partial charge in [0, 0.05) is 20.2 Å². The second-order valence-electron chi connectivity index (χ2n) is 4.17. The summed E-state index contributed by atoms with van der Waals surface area (Å²) < 4.78 is 4.99. The van der Waals surface area contributed by atoms with Crippen molar-refractivity contribution in [1.82, 2.24) is 4.90 Å². The molecule has 1 rings (SSSR count). The van der Waals surface area contributed by atoms with E-state index in [4.69, 9.17) is 4.74 Å². The molecule has 4 nitrogen and oxygen atoms in total. The summed E-state index contributed by atoms with van der Waals surface area (Å²) >= 11 is 0. The summed E-state index contributed by atoms with van der Waals surface area (Å²) in [6.45, 7) is 2.90. The predicted molar refractivity (Wildman–Crippen MR) is 69.0 cm³/mol. The maximum absolute atomic E-state index is 11.9. The Morgan fingerprint density at radius 2 is 1.89 bits per heavy atom. The molecule has 1 amide bonds. The SMILES string of the molecule is COCCN(Cc1ccccc1)C(=O)CC(C)=O. The van der Waals surface area contributed by atoms with Crippen LogP contribution in [0.1, 0.15) is 18.9 Å². The number of methoxy groups -OCH3 is 1. The number of benzene rings is 1. The summed E-state index contributed by atoms with van der Waals surface area (Å²) in [4.78, 5) is 24.6. The zero-order chi connectivity index (χ0) is 13.4. The van der Waals surface area contributed by atoms with Crippen LogP contribution in [0.15, 0.2) is 30.3 Å². The Morgan fingerprint density at radius 1 is 1.22 bits per heavy atom. The highest BCUT2D eigenvalue weighted by Gasteiger charge is 2.15. The number of carbonyl (C=O) groups is 2. The smallest absolute Gasteiger partial charge is 0.230 e. The molecule has 0 fully saturated rings. The van der Waals surface area contributed by atoms with Crippen LogP contribution in [-0.2, 0) is 20.9 Å². The lowest BCUT2D eigenvalue weighted by Crippen LogP contribution is -2.34. The largest absolute Gasteiger partial charge is 0.383 e. The second kappa shape index (κ2) is 7.61. The quantitative estimate of drug-likeness (QED) is 0.690. The molecule has 98 valence electrons. The minimum atomic E-state index is -0.150. The Balaban J connectivity index is 2.65. The molecule has 0 spiro atoms. The van der Waals surface area contributed by atoms with Gasteiger partial charge in [0.25, 0.3) is 0 Å². The van der Waals surface area contributed by atoms with E-state index in [9.17, 15) is 9.59 Å². The van der Waals surface area contributed by atoms with Gasteiger partial charge in [-0.2, -0.15) is 0 Å². The lowest BCUT2D eigenvalue weighted by Gasteiger charge is -2.22. The van der Waals surface area contributed by atoms with Gasteiger partial charge in [-0.1, -0.05) is 30.3 Å². The second-order valence-corrected chi connectivity index (χ2v) is 4.17. The van der Waals surface area contributed by atoms with Crippen molar-refractivity contribution in [3.05, 3.63) is 35.9 Å². The Bertz CT molecular complexity index is 389. The third-order valence-electron chi connectivity index (χ3n) is 2.53. The van der Waals surface area contributed by atoms with Crippen molar-refractivity contribution in [3.8, 4) is 0 Å². The van der Waals surface area contributed by atoms with Gasteiger partial charge in [-0.25, -0.2) is 0 Å². The van der Waals surface area contributed by atoms with E-state index in [2.05, 4.69) is 0 Å². The molecule has 0 saturated heterocycles. The molecule has 0 aliphatic heterocycles. The first-order valence-corrected chi connectivity index (χ1v) is 5.93. The molecule has 0 aliphatic rings. The van der Waals surface area contributed by atoms with Gasteiger partial charge < -0.3 is 9.64 Å². The standard InChI is InChI=1S/C14H19NO3/c1-12(16)10-14(17)15(8-9-18-2)11-13-6-4-3-5-7-13/h3-7H,8-11H2,1-2H3. The molecule has 0 radical (unpaired) electrons. The van der Waals surface area contributed by atoms with E-state index in [1.807, 2.05) is 30.3 Å².